The molecule has 3 atom stereocenters. The van der Waals surface area contributed by atoms with E-state index in [1.807, 2.05) is 0 Å². The third kappa shape index (κ3) is 2.96. The Morgan fingerprint density at radius 2 is 2.31 bits per heavy atom. The van der Waals surface area contributed by atoms with Crippen LogP contribution in [0.25, 0.3) is 0 Å². The van der Waals surface area contributed by atoms with Gasteiger partial charge >= 0.3 is 0 Å². The zero-order chi connectivity index (χ0) is 11.6. The lowest BCUT2D eigenvalue weighted by Gasteiger charge is -2.36. The number of nitrogens with one attached hydrogen (secondary N) is 1. The summed E-state index contributed by atoms with van der Waals surface area (Å²) in [5.41, 5.74) is -0.0686. The molecule has 2 aliphatic heterocycles. The third-order valence-corrected chi connectivity index (χ3v) is 3.95. The summed E-state index contributed by atoms with van der Waals surface area (Å²) in [6.45, 7) is 11.4. The van der Waals surface area contributed by atoms with Gasteiger partial charge in [-0.3, -0.25) is 5.32 Å². The number of nitrogens with zero attached hydrogens (tertiary/aromatic N) is 1. The summed E-state index contributed by atoms with van der Waals surface area (Å²) >= 11 is 0. The van der Waals surface area contributed by atoms with E-state index in [-0.39, 0.29) is 5.72 Å². The number of ether oxygens (including phenoxy) is 1. The Hall–Kier alpha value is -0.120. The molecular weight excluding hydrogens is 200 g/mol. The number of likely N-dealkylation sites (tertiary alicyclic amines) is 1. The van der Waals surface area contributed by atoms with Crippen molar-refractivity contribution in [2.24, 2.45) is 5.92 Å². The predicted molar refractivity (Wildman–Crippen MR) is 66.4 cm³/mol. The zero-order valence-electron chi connectivity index (χ0n) is 11.0. The highest BCUT2D eigenvalue weighted by Crippen LogP contribution is 2.29. The monoisotopic (exact) mass is 226 g/mol. The molecule has 1 N–H and O–H groups in total. The van der Waals surface area contributed by atoms with Crippen molar-refractivity contribution < 1.29 is 4.74 Å². The highest BCUT2D eigenvalue weighted by molar-refractivity contribution is 4.86. The van der Waals surface area contributed by atoms with Gasteiger partial charge in [0.15, 0.2) is 0 Å². The van der Waals surface area contributed by atoms with E-state index in [0.29, 0.717) is 6.10 Å². The highest BCUT2D eigenvalue weighted by atomic mass is 16.5. The first-order valence-corrected chi connectivity index (χ1v) is 6.76. The molecule has 2 saturated heterocycles. The van der Waals surface area contributed by atoms with E-state index < -0.39 is 0 Å². The summed E-state index contributed by atoms with van der Waals surface area (Å²) in [6.07, 6.45) is 4.25. The average molecular weight is 226 g/mol. The van der Waals surface area contributed by atoms with Gasteiger partial charge in [0.25, 0.3) is 0 Å². The van der Waals surface area contributed by atoms with Gasteiger partial charge in [-0.05, 0) is 52.1 Å². The van der Waals surface area contributed by atoms with Gasteiger partial charge in [-0.25, -0.2) is 0 Å². The lowest BCUT2D eigenvalue weighted by Crippen LogP contribution is -2.44. The first-order valence-electron chi connectivity index (χ1n) is 6.76. The molecule has 3 heteroatoms. The largest absolute Gasteiger partial charge is 0.357 e. The molecule has 0 aliphatic carbocycles. The summed E-state index contributed by atoms with van der Waals surface area (Å²) in [5, 5.41) is 3.52. The molecule has 16 heavy (non-hydrogen) atoms. The van der Waals surface area contributed by atoms with Crippen LogP contribution >= 0.6 is 0 Å². The first-order chi connectivity index (χ1) is 7.61. The molecule has 0 saturated carbocycles. The Labute approximate surface area is 99.5 Å². The van der Waals surface area contributed by atoms with Crippen LogP contribution in [0.15, 0.2) is 0 Å². The maximum absolute atomic E-state index is 5.99. The Bertz CT molecular complexity index is 234. The Morgan fingerprint density at radius 3 is 2.94 bits per heavy atom. The van der Waals surface area contributed by atoms with Gasteiger partial charge in [0.1, 0.15) is 5.72 Å². The first kappa shape index (κ1) is 12.3. The molecule has 2 rings (SSSR count). The van der Waals surface area contributed by atoms with E-state index >= 15 is 0 Å². The van der Waals surface area contributed by atoms with Crippen molar-refractivity contribution in [3.63, 3.8) is 0 Å². The summed E-state index contributed by atoms with van der Waals surface area (Å²) in [6, 6.07) is 0. The second kappa shape index (κ2) is 5.03. The van der Waals surface area contributed by atoms with E-state index in [1.54, 1.807) is 0 Å². The second-order valence-corrected chi connectivity index (χ2v) is 5.65. The van der Waals surface area contributed by atoms with Crippen LogP contribution in [0.3, 0.4) is 0 Å². The number of hydrogen-bond donors (Lipinski definition) is 1. The average Bonchev–Trinajstić information content (AvgIpc) is 2.58. The summed E-state index contributed by atoms with van der Waals surface area (Å²) in [5.74, 6) is 0.802. The van der Waals surface area contributed by atoms with E-state index in [0.717, 1.165) is 18.9 Å². The smallest absolute Gasteiger partial charge is 0.117 e. The maximum Gasteiger partial charge on any atom is 0.117 e. The number of rotatable bonds is 3. The summed E-state index contributed by atoms with van der Waals surface area (Å²) in [4.78, 5) is 2.57. The third-order valence-electron chi connectivity index (χ3n) is 3.95. The van der Waals surface area contributed by atoms with E-state index in [2.05, 4.69) is 31.0 Å². The van der Waals surface area contributed by atoms with Crippen LogP contribution in [0.4, 0.5) is 0 Å². The standard InChI is InChI=1S/C13H26N2O/c1-4-15-7-5-6-12(10-15)8-13(3)14-9-11(2)16-13/h11-12,14H,4-10H2,1-3H3. The van der Waals surface area contributed by atoms with Crippen LogP contribution in [0.2, 0.25) is 0 Å². The van der Waals surface area contributed by atoms with Gasteiger partial charge in [0.2, 0.25) is 0 Å². The Balaban J connectivity index is 1.84. The van der Waals surface area contributed by atoms with Gasteiger partial charge in [0, 0.05) is 13.1 Å². The minimum Gasteiger partial charge on any atom is -0.357 e. The predicted octanol–water partition coefficient (Wildman–Crippen LogP) is 1.83. The number of piperidine rings is 1. The lowest BCUT2D eigenvalue weighted by molar-refractivity contribution is -0.0518. The van der Waals surface area contributed by atoms with Crippen molar-refractivity contribution in [2.45, 2.75) is 51.9 Å². The van der Waals surface area contributed by atoms with Gasteiger partial charge < -0.3 is 9.64 Å². The second-order valence-electron chi connectivity index (χ2n) is 5.65. The van der Waals surface area contributed by atoms with Crippen molar-refractivity contribution in [2.75, 3.05) is 26.2 Å². The van der Waals surface area contributed by atoms with Crippen molar-refractivity contribution >= 4 is 0 Å². The fourth-order valence-corrected chi connectivity index (χ4v) is 3.16. The number of hydrogen-bond acceptors (Lipinski definition) is 3. The maximum atomic E-state index is 5.99. The van der Waals surface area contributed by atoms with E-state index in [9.17, 15) is 0 Å². The Kier molecular flexibility index (Phi) is 3.88. The molecule has 0 aromatic heterocycles. The van der Waals surface area contributed by atoms with Crippen LogP contribution in [-0.4, -0.2) is 42.9 Å². The van der Waals surface area contributed by atoms with Crippen LogP contribution in [0, 0.1) is 5.92 Å². The minimum atomic E-state index is -0.0686. The molecule has 2 aliphatic rings. The topological polar surface area (TPSA) is 24.5 Å². The summed E-state index contributed by atoms with van der Waals surface area (Å²) < 4.78 is 5.99. The molecule has 0 aromatic carbocycles. The van der Waals surface area contributed by atoms with Crippen molar-refractivity contribution in [1.82, 2.24) is 10.2 Å². The molecule has 2 fully saturated rings. The van der Waals surface area contributed by atoms with Crippen LogP contribution in [-0.2, 0) is 4.74 Å². The van der Waals surface area contributed by atoms with Crippen molar-refractivity contribution in [3.8, 4) is 0 Å². The van der Waals surface area contributed by atoms with Gasteiger partial charge in [-0.15, -0.1) is 0 Å². The lowest BCUT2D eigenvalue weighted by atomic mass is 9.90. The fourth-order valence-electron chi connectivity index (χ4n) is 3.16. The molecule has 0 amide bonds. The van der Waals surface area contributed by atoms with Crippen molar-refractivity contribution in [3.05, 3.63) is 0 Å². The van der Waals surface area contributed by atoms with Crippen LogP contribution in [0.5, 0.6) is 0 Å². The molecule has 0 spiro atoms. The van der Waals surface area contributed by atoms with Crippen LogP contribution in [0.1, 0.15) is 40.0 Å². The van der Waals surface area contributed by atoms with Crippen molar-refractivity contribution in [1.29, 1.82) is 0 Å². The molecule has 0 aromatic rings. The summed E-state index contributed by atoms with van der Waals surface area (Å²) in [7, 11) is 0. The van der Waals surface area contributed by atoms with Gasteiger partial charge in [-0.1, -0.05) is 6.92 Å². The zero-order valence-corrected chi connectivity index (χ0v) is 11.0. The molecule has 2 heterocycles. The molecule has 3 unspecified atom stereocenters. The molecule has 0 bridgehead atoms. The molecule has 3 nitrogen and oxygen atoms in total. The molecule has 0 radical (unpaired) electrons. The van der Waals surface area contributed by atoms with Crippen LogP contribution < -0.4 is 5.32 Å². The Morgan fingerprint density at radius 1 is 1.50 bits per heavy atom. The minimum absolute atomic E-state index is 0.0686. The highest BCUT2D eigenvalue weighted by Gasteiger charge is 2.36. The van der Waals surface area contributed by atoms with Gasteiger partial charge in [0.05, 0.1) is 6.10 Å². The van der Waals surface area contributed by atoms with E-state index in [1.165, 1.54) is 32.5 Å². The van der Waals surface area contributed by atoms with Gasteiger partial charge in [-0.2, -0.15) is 0 Å². The normalized spacial score (nSPS) is 41.4. The fraction of sp³-hybridized carbons (Fsp3) is 1.00. The molecular formula is C13H26N2O. The quantitative estimate of drug-likeness (QED) is 0.794. The van der Waals surface area contributed by atoms with E-state index in [4.69, 9.17) is 4.74 Å². The SMILES string of the molecule is CCN1CCCC(CC2(C)NCC(C)O2)C1. The molecule has 94 valence electrons.